The van der Waals surface area contributed by atoms with E-state index in [2.05, 4.69) is 15.2 Å². The van der Waals surface area contributed by atoms with Crippen LogP contribution in [0.2, 0.25) is 0 Å². The fraction of sp³-hybridized carbons (Fsp3) is 0.571. The second-order valence-electron chi connectivity index (χ2n) is 5.13. The van der Waals surface area contributed by atoms with E-state index < -0.39 is 5.91 Å². The molecule has 1 saturated heterocycles. The van der Waals surface area contributed by atoms with Crippen LogP contribution in [0.3, 0.4) is 0 Å². The Morgan fingerprint density at radius 3 is 3.10 bits per heavy atom. The Morgan fingerprint density at radius 2 is 2.45 bits per heavy atom. The molecule has 1 atom stereocenters. The summed E-state index contributed by atoms with van der Waals surface area (Å²) < 4.78 is 5.09. The number of rotatable bonds is 7. The maximum atomic E-state index is 10.9. The summed E-state index contributed by atoms with van der Waals surface area (Å²) in [6.07, 6.45) is 2.69. The van der Waals surface area contributed by atoms with Crippen LogP contribution < -0.4 is 11.1 Å². The van der Waals surface area contributed by atoms with Crippen molar-refractivity contribution in [3.8, 4) is 0 Å². The third-order valence-electron chi connectivity index (χ3n) is 3.60. The molecule has 0 radical (unpaired) electrons. The van der Waals surface area contributed by atoms with Crippen LogP contribution in [0.25, 0.3) is 0 Å². The van der Waals surface area contributed by atoms with Crippen molar-refractivity contribution in [3.63, 3.8) is 0 Å². The third-order valence-corrected chi connectivity index (χ3v) is 3.60. The maximum Gasteiger partial charge on any atom is 0.250 e. The number of likely N-dealkylation sites (tertiary alicyclic amines) is 1. The first kappa shape index (κ1) is 14.7. The van der Waals surface area contributed by atoms with Gasteiger partial charge in [-0.2, -0.15) is 0 Å². The molecule has 20 heavy (non-hydrogen) atoms. The molecule has 0 aromatic carbocycles. The number of primary amides is 1. The SMILES string of the molecule is COCCN1CCC(CNc2ccc(C(N)=O)cn2)C1. The van der Waals surface area contributed by atoms with Crippen LogP contribution in [0, 0.1) is 5.92 Å². The number of nitrogens with one attached hydrogen (secondary N) is 1. The zero-order valence-electron chi connectivity index (χ0n) is 11.8. The van der Waals surface area contributed by atoms with E-state index >= 15 is 0 Å². The van der Waals surface area contributed by atoms with Crippen molar-refractivity contribution in [1.82, 2.24) is 9.88 Å². The fourth-order valence-electron chi connectivity index (χ4n) is 2.40. The first-order valence-electron chi connectivity index (χ1n) is 6.90. The Hall–Kier alpha value is -1.66. The number of hydrogen-bond acceptors (Lipinski definition) is 5. The fourth-order valence-corrected chi connectivity index (χ4v) is 2.40. The summed E-state index contributed by atoms with van der Waals surface area (Å²) in [6, 6.07) is 3.48. The van der Waals surface area contributed by atoms with Gasteiger partial charge >= 0.3 is 0 Å². The Bertz CT molecular complexity index is 435. The van der Waals surface area contributed by atoms with E-state index in [0.29, 0.717) is 11.5 Å². The van der Waals surface area contributed by atoms with Crippen molar-refractivity contribution in [1.29, 1.82) is 0 Å². The molecule has 1 unspecified atom stereocenters. The van der Waals surface area contributed by atoms with Gasteiger partial charge in [-0.25, -0.2) is 4.98 Å². The van der Waals surface area contributed by atoms with Gasteiger partial charge in [0.05, 0.1) is 12.2 Å². The Balaban J connectivity index is 1.74. The minimum atomic E-state index is -0.450. The number of carbonyl (C=O) groups excluding carboxylic acids is 1. The van der Waals surface area contributed by atoms with Crippen molar-refractivity contribution in [3.05, 3.63) is 23.9 Å². The molecule has 6 nitrogen and oxygen atoms in total. The van der Waals surface area contributed by atoms with Crippen LogP contribution in [-0.2, 0) is 4.74 Å². The molecule has 0 spiro atoms. The van der Waals surface area contributed by atoms with Crippen LogP contribution in [0.1, 0.15) is 16.8 Å². The summed E-state index contributed by atoms with van der Waals surface area (Å²) in [5.41, 5.74) is 5.61. The summed E-state index contributed by atoms with van der Waals surface area (Å²) in [5, 5.41) is 3.31. The van der Waals surface area contributed by atoms with E-state index in [1.807, 2.05) is 0 Å². The Labute approximate surface area is 119 Å². The molecular weight excluding hydrogens is 256 g/mol. The van der Waals surface area contributed by atoms with Gasteiger partial charge in [0.1, 0.15) is 5.82 Å². The standard InChI is InChI=1S/C14H22N4O2/c1-20-7-6-18-5-4-11(10-18)8-16-13-3-2-12(9-17-13)14(15)19/h2-3,9,11H,4-8,10H2,1H3,(H2,15,19)(H,16,17). The number of carbonyl (C=O) groups is 1. The van der Waals surface area contributed by atoms with Gasteiger partial charge in [-0.3, -0.25) is 4.79 Å². The van der Waals surface area contributed by atoms with E-state index in [-0.39, 0.29) is 0 Å². The van der Waals surface area contributed by atoms with Crippen molar-refractivity contribution >= 4 is 11.7 Å². The van der Waals surface area contributed by atoms with Gasteiger partial charge in [-0.1, -0.05) is 0 Å². The lowest BCUT2D eigenvalue weighted by Crippen LogP contribution is -2.26. The monoisotopic (exact) mass is 278 g/mol. The molecule has 1 aromatic rings. The molecule has 3 N–H and O–H groups in total. The van der Waals surface area contributed by atoms with Gasteiger partial charge in [0.25, 0.3) is 0 Å². The summed E-state index contributed by atoms with van der Waals surface area (Å²) in [7, 11) is 1.73. The average Bonchev–Trinajstić information content (AvgIpc) is 2.91. The predicted octanol–water partition coefficient (Wildman–Crippen LogP) is 0.561. The highest BCUT2D eigenvalue weighted by Gasteiger charge is 2.21. The van der Waals surface area contributed by atoms with Gasteiger partial charge in [-0.05, 0) is 31.0 Å². The van der Waals surface area contributed by atoms with E-state index in [1.54, 1.807) is 19.2 Å². The van der Waals surface area contributed by atoms with E-state index in [4.69, 9.17) is 10.5 Å². The molecule has 1 amide bonds. The van der Waals surface area contributed by atoms with Crippen molar-refractivity contribution in [2.45, 2.75) is 6.42 Å². The number of nitrogens with two attached hydrogens (primary N) is 1. The molecule has 6 heteroatoms. The molecule has 1 aromatic heterocycles. The number of nitrogens with zero attached hydrogens (tertiary/aromatic N) is 2. The van der Waals surface area contributed by atoms with E-state index in [1.165, 1.54) is 12.6 Å². The molecule has 110 valence electrons. The number of pyridine rings is 1. The molecule has 0 saturated carbocycles. The normalized spacial score (nSPS) is 19.1. The smallest absolute Gasteiger partial charge is 0.250 e. The molecule has 0 aliphatic carbocycles. The summed E-state index contributed by atoms with van der Waals surface area (Å²) in [4.78, 5) is 17.5. The maximum absolute atomic E-state index is 10.9. The number of aromatic nitrogens is 1. The highest BCUT2D eigenvalue weighted by Crippen LogP contribution is 2.16. The summed E-state index contributed by atoms with van der Waals surface area (Å²) >= 11 is 0. The lowest BCUT2D eigenvalue weighted by atomic mass is 10.1. The number of methoxy groups -OCH3 is 1. The first-order valence-corrected chi connectivity index (χ1v) is 6.90. The molecular formula is C14H22N4O2. The highest BCUT2D eigenvalue weighted by molar-refractivity contribution is 5.92. The lowest BCUT2D eigenvalue weighted by Gasteiger charge is -2.15. The number of amides is 1. The second kappa shape index (κ2) is 7.21. The van der Waals surface area contributed by atoms with E-state index in [9.17, 15) is 4.79 Å². The molecule has 1 aliphatic heterocycles. The average molecular weight is 278 g/mol. The number of ether oxygens (including phenoxy) is 1. The van der Waals surface area contributed by atoms with Gasteiger partial charge in [0, 0.05) is 32.9 Å². The van der Waals surface area contributed by atoms with Crippen LogP contribution >= 0.6 is 0 Å². The molecule has 2 rings (SSSR count). The Morgan fingerprint density at radius 1 is 1.60 bits per heavy atom. The highest BCUT2D eigenvalue weighted by atomic mass is 16.5. The van der Waals surface area contributed by atoms with Crippen molar-refractivity contribution in [2.75, 3.05) is 45.2 Å². The number of anilines is 1. The largest absolute Gasteiger partial charge is 0.383 e. The lowest BCUT2D eigenvalue weighted by molar-refractivity contribution is 0.1000. The topological polar surface area (TPSA) is 80.5 Å². The minimum Gasteiger partial charge on any atom is -0.383 e. The predicted molar refractivity (Wildman–Crippen MR) is 77.7 cm³/mol. The Kier molecular flexibility index (Phi) is 5.31. The second-order valence-corrected chi connectivity index (χ2v) is 5.13. The molecule has 1 aliphatic rings. The quantitative estimate of drug-likeness (QED) is 0.762. The van der Waals surface area contributed by atoms with Crippen molar-refractivity contribution in [2.24, 2.45) is 11.7 Å². The minimum absolute atomic E-state index is 0.433. The van der Waals surface area contributed by atoms with Crippen LogP contribution in [0.4, 0.5) is 5.82 Å². The first-order chi connectivity index (χ1) is 9.69. The van der Waals surface area contributed by atoms with Crippen LogP contribution in [0.15, 0.2) is 18.3 Å². The van der Waals surface area contributed by atoms with Gasteiger partial charge in [-0.15, -0.1) is 0 Å². The molecule has 2 heterocycles. The van der Waals surface area contributed by atoms with Crippen LogP contribution in [0.5, 0.6) is 0 Å². The molecule has 0 bridgehead atoms. The van der Waals surface area contributed by atoms with Gasteiger partial charge in [0.15, 0.2) is 0 Å². The van der Waals surface area contributed by atoms with Crippen molar-refractivity contribution < 1.29 is 9.53 Å². The number of hydrogen-bond donors (Lipinski definition) is 2. The zero-order chi connectivity index (χ0) is 14.4. The summed E-state index contributed by atoms with van der Waals surface area (Å²) in [5.74, 6) is 0.962. The van der Waals surface area contributed by atoms with Crippen LogP contribution in [-0.4, -0.2) is 55.7 Å². The van der Waals surface area contributed by atoms with E-state index in [0.717, 1.165) is 38.6 Å². The van der Waals surface area contributed by atoms with Gasteiger partial charge < -0.3 is 20.7 Å². The third kappa shape index (κ3) is 4.18. The van der Waals surface area contributed by atoms with Gasteiger partial charge in [0.2, 0.25) is 5.91 Å². The molecule has 1 fully saturated rings. The zero-order valence-corrected chi connectivity index (χ0v) is 11.8. The summed E-state index contributed by atoms with van der Waals surface area (Å²) in [6.45, 7) is 4.90.